The number of anilines is 3. The Kier molecular flexibility index (Phi) is 15.6. The molecule has 87 heavy (non-hydrogen) atoms. The minimum Gasteiger partial charge on any atom is -0.507 e. The summed E-state index contributed by atoms with van der Waals surface area (Å²) in [5.74, 6) is 0.798. The van der Waals surface area contributed by atoms with Crippen LogP contribution in [0.4, 0.5) is 17.1 Å². The van der Waals surface area contributed by atoms with Gasteiger partial charge in [-0.1, -0.05) is 212 Å². The summed E-state index contributed by atoms with van der Waals surface area (Å²) in [6, 6.07) is 76.1. The zero-order valence-corrected chi connectivity index (χ0v) is 55.4. The largest absolute Gasteiger partial charge is 0.507 e. The van der Waals surface area contributed by atoms with Crippen LogP contribution < -0.4 is 4.90 Å². The van der Waals surface area contributed by atoms with Gasteiger partial charge in [0.05, 0.1) is 27.6 Å². The van der Waals surface area contributed by atoms with Gasteiger partial charge in [-0.25, -0.2) is 4.98 Å². The van der Waals surface area contributed by atoms with Crippen LogP contribution in [0, 0.1) is 6.07 Å². The quantitative estimate of drug-likeness (QED) is 0.146. The molecule has 442 valence electrons. The van der Waals surface area contributed by atoms with Crippen molar-refractivity contribution >= 4 is 49.9 Å². The molecule has 12 rings (SSSR count). The zero-order valence-electron chi connectivity index (χ0n) is 53.1. The number of hydrogen-bond acceptors (Lipinski definition) is 4. The van der Waals surface area contributed by atoms with Crippen LogP contribution in [0.25, 0.3) is 89.1 Å². The Morgan fingerprint density at radius 1 is 0.391 bits per heavy atom. The molecule has 0 aliphatic heterocycles. The number of pyridine rings is 1. The molecule has 0 aliphatic rings. The molecule has 0 saturated carbocycles. The third-order valence-electron chi connectivity index (χ3n) is 17.1. The summed E-state index contributed by atoms with van der Waals surface area (Å²) in [5.41, 5.74) is 21.0. The number of hydrogen-bond donors (Lipinski definition) is 1. The molecule has 0 unspecified atom stereocenters. The van der Waals surface area contributed by atoms with Crippen LogP contribution in [0.3, 0.4) is 0 Å². The van der Waals surface area contributed by atoms with E-state index < -0.39 is 0 Å². The monoisotopic (exact) mass is 1320 g/mol. The molecule has 0 radical (unpaired) electrons. The summed E-state index contributed by atoms with van der Waals surface area (Å²) in [5, 5.41) is 14.3. The number of benzene rings is 9. The van der Waals surface area contributed by atoms with Crippen LogP contribution in [0.15, 0.2) is 206 Å². The number of aromatic hydroxyl groups is 1. The summed E-state index contributed by atoms with van der Waals surface area (Å²) in [7, 11) is 0. The predicted molar refractivity (Wildman–Crippen MR) is 364 cm³/mol. The number of rotatable bonds is 9. The van der Waals surface area contributed by atoms with E-state index in [9.17, 15) is 5.11 Å². The van der Waals surface area contributed by atoms with E-state index in [2.05, 4.69) is 300 Å². The normalized spacial score (nSPS) is 12.5. The van der Waals surface area contributed by atoms with E-state index in [1.165, 1.54) is 49.7 Å². The Labute approximate surface area is 529 Å². The smallest absolute Gasteiger partial charge is 0.148 e. The van der Waals surface area contributed by atoms with Gasteiger partial charge in [0, 0.05) is 72.2 Å². The predicted octanol–water partition coefficient (Wildman–Crippen LogP) is 21.6. The second-order valence-corrected chi connectivity index (χ2v) is 28.7. The molecule has 1 N–H and O–H groups in total. The van der Waals surface area contributed by atoms with Crippen LogP contribution >= 0.6 is 0 Å². The topological polar surface area (TPSA) is 59.1 Å². The molecular weight excluding hydrogens is 1240 g/mol. The molecule has 3 heterocycles. The summed E-state index contributed by atoms with van der Waals surface area (Å²) in [6.07, 6.45) is 1.94. The van der Waals surface area contributed by atoms with Crippen molar-refractivity contribution in [1.82, 2.24) is 19.1 Å². The van der Waals surface area contributed by atoms with Crippen molar-refractivity contribution < 1.29 is 26.2 Å². The Bertz CT molecular complexity index is 4450. The minimum atomic E-state index is -0.260. The standard InChI is InChI=1S/C80H80N5O.Pt/c1-76(2,3)55-39-53(38-54(40-55)69-42-52(36-37-81-69)51-34-35-71-68(41-51)65-30-22-24-32-70(65)84(71)62-45-56(77(4,5)6)43-57(46-62)78(7,8)9)67-49-64(83(60-26-18-16-19-27-60)61-28-20-17-21-29-61)50-72-74(67)82-75(66-31-23-25-33-73(66)86)85(72)63-47-58(79(10,11)12)44-59(48-63)80(13,14)15;/h16-37,39-50,86H,1-15H3;/q-1;. The average Bonchev–Trinajstić information content (AvgIpc) is 1.69. The van der Waals surface area contributed by atoms with E-state index in [0.29, 0.717) is 11.4 Å². The summed E-state index contributed by atoms with van der Waals surface area (Å²) in [6.45, 7) is 34.3. The number of phenols is 1. The van der Waals surface area contributed by atoms with Gasteiger partial charge in [-0.05, 0) is 151 Å². The van der Waals surface area contributed by atoms with E-state index in [0.717, 1.165) is 72.9 Å². The molecule has 0 amide bonds. The fraction of sp³-hybridized carbons (Fsp3) is 0.250. The van der Waals surface area contributed by atoms with Gasteiger partial charge in [-0.3, -0.25) is 9.55 Å². The molecule has 6 nitrogen and oxygen atoms in total. The fourth-order valence-electron chi connectivity index (χ4n) is 11.9. The van der Waals surface area contributed by atoms with Crippen molar-refractivity contribution in [1.29, 1.82) is 0 Å². The summed E-state index contributed by atoms with van der Waals surface area (Å²) in [4.78, 5) is 13.2. The average molecular weight is 1320 g/mol. The van der Waals surface area contributed by atoms with Gasteiger partial charge < -0.3 is 14.6 Å². The molecule has 0 atom stereocenters. The molecular formula is C80H80N5OPt-. The maximum Gasteiger partial charge on any atom is 0.148 e. The third kappa shape index (κ3) is 11.7. The third-order valence-corrected chi connectivity index (χ3v) is 17.1. The van der Waals surface area contributed by atoms with Crippen molar-refractivity contribution in [3.63, 3.8) is 0 Å². The first-order valence-corrected chi connectivity index (χ1v) is 30.4. The van der Waals surface area contributed by atoms with Gasteiger partial charge in [0.15, 0.2) is 0 Å². The Morgan fingerprint density at radius 2 is 0.874 bits per heavy atom. The Balaban J connectivity index is 0.00000784. The first kappa shape index (κ1) is 60.4. The van der Waals surface area contributed by atoms with Gasteiger partial charge in [-0.15, -0.1) is 29.3 Å². The molecule has 0 bridgehead atoms. The van der Waals surface area contributed by atoms with Crippen LogP contribution in [0.2, 0.25) is 0 Å². The first-order valence-electron chi connectivity index (χ1n) is 30.4. The van der Waals surface area contributed by atoms with Gasteiger partial charge in [0.2, 0.25) is 0 Å². The Hall–Kier alpha value is -8.31. The minimum absolute atomic E-state index is 0. The molecule has 9 aromatic carbocycles. The molecule has 0 fully saturated rings. The van der Waals surface area contributed by atoms with E-state index in [1.807, 2.05) is 24.4 Å². The fourth-order valence-corrected chi connectivity index (χ4v) is 11.9. The summed E-state index contributed by atoms with van der Waals surface area (Å²) >= 11 is 0. The van der Waals surface area contributed by atoms with E-state index >= 15 is 0 Å². The van der Waals surface area contributed by atoms with Crippen LogP contribution in [-0.4, -0.2) is 24.2 Å². The maximum absolute atomic E-state index is 11.9. The maximum atomic E-state index is 11.9. The molecule has 0 spiro atoms. The van der Waals surface area contributed by atoms with Gasteiger partial charge in [0.25, 0.3) is 0 Å². The first-order chi connectivity index (χ1) is 40.7. The van der Waals surface area contributed by atoms with Crippen molar-refractivity contribution in [3.05, 3.63) is 240 Å². The van der Waals surface area contributed by atoms with Crippen LogP contribution in [0.5, 0.6) is 5.75 Å². The second kappa shape index (κ2) is 22.4. The molecule has 3 aromatic heterocycles. The number of para-hydroxylation sites is 4. The molecule has 12 aromatic rings. The molecule has 0 aliphatic carbocycles. The zero-order chi connectivity index (χ0) is 60.8. The van der Waals surface area contributed by atoms with Gasteiger partial charge >= 0.3 is 0 Å². The second-order valence-electron chi connectivity index (χ2n) is 28.7. The van der Waals surface area contributed by atoms with E-state index in [-0.39, 0.29) is 53.9 Å². The van der Waals surface area contributed by atoms with Crippen LogP contribution in [0.1, 0.15) is 132 Å². The van der Waals surface area contributed by atoms with E-state index in [4.69, 9.17) is 9.97 Å². The van der Waals surface area contributed by atoms with Crippen LogP contribution in [-0.2, 0) is 48.1 Å². The van der Waals surface area contributed by atoms with Crippen molar-refractivity contribution in [3.8, 4) is 62.0 Å². The number of nitrogens with zero attached hydrogens (tertiary/aromatic N) is 5. The summed E-state index contributed by atoms with van der Waals surface area (Å²) < 4.78 is 4.73. The van der Waals surface area contributed by atoms with Crippen molar-refractivity contribution in [2.24, 2.45) is 0 Å². The van der Waals surface area contributed by atoms with Crippen molar-refractivity contribution in [2.75, 3.05) is 4.90 Å². The molecule has 7 heteroatoms. The SMILES string of the molecule is CC(C)(C)c1cc(-c2cc(-c3ccc4c(c3)c3ccccc3n4-c3cc(C(C)(C)C)cc(C(C)(C)C)c3)ccn2)[c-]c(-c2cc(N(c3ccccc3)c3ccccc3)cc3c2nc(-c2ccccc2O)n3-c2cc(C(C)(C)C)cc(C(C)(C)C)c2)c1.[Pt]. The molecule has 0 saturated heterocycles. The number of imidazole rings is 1. The van der Waals surface area contributed by atoms with Gasteiger partial charge in [0.1, 0.15) is 11.6 Å². The number of fused-ring (bicyclic) bond motifs is 4. The Morgan fingerprint density at radius 3 is 1.44 bits per heavy atom. The number of aromatic nitrogens is 4. The van der Waals surface area contributed by atoms with Crippen molar-refractivity contribution in [2.45, 2.75) is 131 Å². The van der Waals surface area contributed by atoms with Gasteiger partial charge in [-0.2, -0.15) is 0 Å². The number of phenolic OH excluding ortho intramolecular Hbond substituents is 1. The van der Waals surface area contributed by atoms with E-state index in [1.54, 1.807) is 6.07 Å².